The molecule has 128 valence electrons. The summed E-state index contributed by atoms with van der Waals surface area (Å²) in [5, 5.41) is 25.7. The Morgan fingerprint density at radius 3 is 2.93 bits per heavy atom. The van der Waals surface area contributed by atoms with Gasteiger partial charge < -0.3 is 4.52 Å². The van der Waals surface area contributed by atoms with Gasteiger partial charge in [0.2, 0.25) is 5.82 Å². The summed E-state index contributed by atoms with van der Waals surface area (Å²) >= 11 is 0. The quantitative estimate of drug-likeness (QED) is 0.533. The molecule has 0 spiro atoms. The number of hydrogen-bond donors (Lipinski definition) is 1. The molecule has 5 aromatic rings. The fourth-order valence-corrected chi connectivity index (χ4v) is 2.86. The van der Waals surface area contributed by atoms with Crippen molar-refractivity contribution in [3.05, 3.63) is 66.4 Å². The molecule has 0 fully saturated rings. The number of rotatable bonds is 3. The Morgan fingerprint density at radius 2 is 2.00 bits per heavy atom. The number of benzene rings is 2. The summed E-state index contributed by atoms with van der Waals surface area (Å²) in [4.78, 5) is 4.43. The molecule has 3 aromatic heterocycles. The van der Waals surface area contributed by atoms with Crippen molar-refractivity contribution in [2.24, 2.45) is 0 Å². The standard InChI is InChI=1S/C19H11N7O/c20-11-12-4-3-5-13(10-12)26-9-8-16(24-26)19-21-18(25-27-19)17-14-6-1-2-7-15(14)22-23-17/h1-10H,(H,22,23). The number of nitriles is 1. The summed E-state index contributed by atoms with van der Waals surface area (Å²) in [5.74, 6) is 0.691. The van der Waals surface area contributed by atoms with E-state index in [4.69, 9.17) is 9.78 Å². The first-order valence-electron chi connectivity index (χ1n) is 8.15. The first-order valence-corrected chi connectivity index (χ1v) is 8.15. The molecule has 3 heterocycles. The maximum atomic E-state index is 9.04. The van der Waals surface area contributed by atoms with E-state index in [0.717, 1.165) is 16.6 Å². The SMILES string of the molecule is N#Cc1cccc(-n2ccc(-c3nc(-c4n[nH]c5ccccc45)no3)n2)c1. The van der Waals surface area contributed by atoms with Crippen LogP contribution in [-0.4, -0.2) is 30.1 Å². The van der Waals surface area contributed by atoms with Gasteiger partial charge in [-0.2, -0.15) is 20.4 Å². The molecular formula is C19H11N7O. The second kappa shape index (κ2) is 5.93. The van der Waals surface area contributed by atoms with Crippen molar-refractivity contribution in [2.45, 2.75) is 0 Å². The lowest BCUT2D eigenvalue weighted by molar-refractivity contribution is 0.430. The highest BCUT2D eigenvalue weighted by Crippen LogP contribution is 2.26. The van der Waals surface area contributed by atoms with Crippen LogP contribution < -0.4 is 0 Å². The molecule has 0 radical (unpaired) electrons. The van der Waals surface area contributed by atoms with Crippen molar-refractivity contribution in [1.29, 1.82) is 5.26 Å². The van der Waals surface area contributed by atoms with E-state index in [-0.39, 0.29) is 0 Å². The minimum Gasteiger partial charge on any atom is -0.332 e. The van der Waals surface area contributed by atoms with Gasteiger partial charge in [0.05, 0.1) is 22.8 Å². The van der Waals surface area contributed by atoms with Gasteiger partial charge in [-0.1, -0.05) is 29.4 Å². The zero-order valence-electron chi connectivity index (χ0n) is 13.9. The van der Waals surface area contributed by atoms with Crippen LogP contribution in [0.2, 0.25) is 0 Å². The van der Waals surface area contributed by atoms with E-state index >= 15 is 0 Å². The van der Waals surface area contributed by atoms with Crippen molar-refractivity contribution in [2.75, 3.05) is 0 Å². The number of nitrogens with zero attached hydrogens (tertiary/aromatic N) is 6. The highest BCUT2D eigenvalue weighted by atomic mass is 16.5. The van der Waals surface area contributed by atoms with E-state index < -0.39 is 0 Å². The van der Waals surface area contributed by atoms with Crippen LogP contribution in [0.3, 0.4) is 0 Å². The molecule has 5 rings (SSSR count). The number of hydrogen-bond acceptors (Lipinski definition) is 6. The summed E-state index contributed by atoms with van der Waals surface area (Å²) in [6, 6.07) is 18.8. The molecule has 0 aliphatic rings. The van der Waals surface area contributed by atoms with Crippen molar-refractivity contribution in [1.82, 2.24) is 30.1 Å². The average Bonchev–Trinajstić information content (AvgIpc) is 3.45. The molecule has 0 aliphatic carbocycles. The number of aromatic nitrogens is 6. The van der Waals surface area contributed by atoms with Gasteiger partial charge in [-0.05, 0) is 30.3 Å². The van der Waals surface area contributed by atoms with Crippen LogP contribution in [0.25, 0.3) is 39.7 Å². The molecule has 0 bridgehead atoms. The van der Waals surface area contributed by atoms with Gasteiger partial charge in [0, 0.05) is 11.6 Å². The van der Waals surface area contributed by atoms with Crippen molar-refractivity contribution < 1.29 is 4.52 Å². The fourth-order valence-electron chi connectivity index (χ4n) is 2.86. The maximum absolute atomic E-state index is 9.04. The molecule has 1 N–H and O–H groups in total. The van der Waals surface area contributed by atoms with Crippen LogP contribution in [-0.2, 0) is 0 Å². The second-order valence-electron chi connectivity index (χ2n) is 5.85. The lowest BCUT2D eigenvalue weighted by atomic mass is 10.2. The Morgan fingerprint density at radius 1 is 1.07 bits per heavy atom. The monoisotopic (exact) mass is 353 g/mol. The largest absolute Gasteiger partial charge is 0.332 e. The van der Waals surface area contributed by atoms with E-state index in [1.807, 2.05) is 36.4 Å². The van der Waals surface area contributed by atoms with Crippen molar-refractivity contribution in [3.8, 4) is 34.9 Å². The van der Waals surface area contributed by atoms with E-state index in [2.05, 4.69) is 31.5 Å². The van der Waals surface area contributed by atoms with E-state index in [1.165, 1.54) is 0 Å². The average molecular weight is 353 g/mol. The van der Waals surface area contributed by atoms with Gasteiger partial charge in [-0.15, -0.1) is 0 Å². The Balaban J connectivity index is 1.50. The Hall–Kier alpha value is -4.25. The molecule has 8 heteroatoms. The summed E-state index contributed by atoms with van der Waals surface area (Å²) in [6.07, 6.45) is 1.78. The van der Waals surface area contributed by atoms with Crippen LogP contribution >= 0.6 is 0 Å². The zero-order valence-corrected chi connectivity index (χ0v) is 13.9. The van der Waals surface area contributed by atoms with Gasteiger partial charge in [-0.3, -0.25) is 5.10 Å². The lowest BCUT2D eigenvalue weighted by Gasteiger charge is -2.00. The van der Waals surface area contributed by atoms with Gasteiger partial charge in [-0.25, -0.2) is 4.68 Å². The molecule has 2 aromatic carbocycles. The highest BCUT2D eigenvalue weighted by molar-refractivity contribution is 5.91. The Labute approximate surface area is 152 Å². The van der Waals surface area contributed by atoms with E-state index in [9.17, 15) is 0 Å². The van der Waals surface area contributed by atoms with Crippen LogP contribution in [0.4, 0.5) is 0 Å². The van der Waals surface area contributed by atoms with Gasteiger partial charge in [0.1, 0.15) is 5.69 Å². The Bertz CT molecular complexity index is 1300. The third kappa shape index (κ3) is 2.54. The summed E-state index contributed by atoms with van der Waals surface area (Å²) in [5.41, 5.74) is 3.41. The molecule has 0 aliphatic heterocycles. The first-order chi connectivity index (χ1) is 13.3. The minimum absolute atomic E-state index is 0.298. The molecule has 8 nitrogen and oxygen atoms in total. The van der Waals surface area contributed by atoms with Crippen LogP contribution in [0.1, 0.15) is 5.56 Å². The Kier molecular flexibility index (Phi) is 3.30. The van der Waals surface area contributed by atoms with E-state index in [1.54, 1.807) is 29.1 Å². The third-order valence-electron chi connectivity index (χ3n) is 4.16. The number of fused-ring (bicyclic) bond motifs is 1. The first kappa shape index (κ1) is 15.0. The fraction of sp³-hybridized carbons (Fsp3) is 0. The van der Waals surface area contributed by atoms with Crippen molar-refractivity contribution in [3.63, 3.8) is 0 Å². The second-order valence-corrected chi connectivity index (χ2v) is 5.85. The predicted octanol–water partition coefficient (Wildman–Crippen LogP) is 3.34. The van der Waals surface area contributed by atoms with Gasteiger partial charge in [0.15, 0.2) is 5.69 Å². The smallest absolute Gasteiger partial charge is 0.278 e. The van der Waals surface area contributed by atoms with E-state index in [0.29, 0.717) is 28.7 Å². The summed E-state index contributed by atoms with van der Waals surface area (Å²) < 4.78 is 7.03. The molecule has 0 saturated heterocycles. The molecule has 27 heavy (non-hydrogen) atoms. The maximum Gasteiger partial charge on any atom is 0.278 e. The van der Waals surface area contributed by atoms with Crippen LogP contribution in [0.5, 0.6) is 0 Å². The molecule has 0 atom stereocenters. The molecular weight excluding hydrogens is 342 g/mol. The number of nitrogens with one attached hydrogen (secondary N) is 1. The molecule has 0 amide bonds. The van der Waals surface area contributed by atoms with Gasteiger partial charge >= 0.3 is 0 Å². The van der Waals surface area contributed by atoms with Gasteiger partial charge in [0.25, 0.3) is 5.89 Å². The molecule has 0 saturated carbocycles. The lowest BCUT2D eigenvalue weighted by Crippen LogP contribution is -1.95. The predicted molar refractivity (Wildman–Crippen MR) is 96.7 cm³/mol. The number of para-hydroxylation sites is 1. The minimum atomic E-state index is 0.298. The summed E-state index contributed by atoms with van der Waals surface area (Å²) in [7, 11) is 0. The number of aromatic amines is 1. The normalized spacial score (nSPS) is 10.9. The highest BCUT2D eigenvalue weighted by Gasteiger charge is 2.17. The topological polar surface area (TPSA) is 109 Å². The van der Waals surface area contributed by atoms with Crippen molar-refractivity contribution >= 4 is 10.9 Å². The zero-order chi connectivity index (χ0) is 18.2. The number of H-pyrrole nitrogens is 1. The summed E-state index contributed by atoms with van der Waals surface area (Å²) in [6.45, 7) is 0. The van der Waals surface area contributed by atoms with Crippen LogP contribution in [0.15, 0.2) is 65.3 Å². The third-order valence-corrected chi connectivity index (χ3v) is 4.16. The van der Waals surface area contributed by atoms with Crippen LogP contribution in [0, 0.1) is 11.3 Å². The molecule has 0 unspecified atom stereocenters.